The van der Waals surface area contributed by atoms with Gasteiger partial charge in [0.25, 0.3) is 5.91 Å². The van der Waals surface area contributed by atoms with E-state index in [1.807, 2.05) is 79.7 Å². The number of unbranched alkanes of at least 4 members (excludes halogenated alkanes) is 1. The number of halogens is 1. The Hall–Kier alpha value is -3.23. The number of thioether (sulfide) groups is 1. The molecular weight excluding hydrogens is 564 g/mol. The topological polar surface area (TPSA) is 67.9 Å². The first-order valence-corrected chi connectivity index (χ1v) is 14.2. The molecule has 0 aromatic heterocycles. The van der Waals surface area contributed by atoms with Gasteiger partial charge in [-0.1, -0.05) is 55.4 Å². The Balaban J connectivity index is 1.48. The quantitative estimate of drug-likeness (QED) is 0.202. The molecule has 1 aliphatic heterocycles. The van der Waals surface area contributed by atoms with Crippen LogP contribution in [0.3, 0.4) is 0 Å². The normalized spacial score (nSPS) is 14.7. The number of ether oxygens (including phenoxy) is 2. The molecule has 6 nitrogen and oxygen atoms in total. The van der Waals surface area contributed by atoms with Gasteiger partial charge in [0.1, 0.15) is 18.0 Å². The minimum atomic E-state index is -0.234. The smallest absolute Gasteiger partial charge is 0.265 e. The molecule has 0 saturated heterocycles. The van der Waals surface area contributed by atoms with E-state index in [2.05, 4.69) is 28.2 Å². The zero-order valence-corrected chi connectivity index (χ0v) is 24.1. The number of rotatable bonds is 10. The van der Waals surface area contributed by atoms with Crippen LogP contribution >= 0.6 is 27.7 Å². The fraction of sp³-hybridized carbons (Fsp3) is 0.267. The van der Waals surface area contributed by atoms with E-state index in [9.17, 15) is 9.59 Å². The Labute approximate surface area is 236 Å². The number of nitrogens with zero attached hydrogens (tertiary/aromatic N) is 1. The zero-order chi connectivity index (χ0) is 27.1. The summed E-state index contributed by atoms with van der Waals surface area (Å²) in [4.78, 5) is 29.6. The van der Waals surface area contributed by atoms with Crippen LogP contribution in [0, 0.1) is 0 Å². The van der Waals surface area contributed by atoms with E-state index in [-0.39, 0.29) is 24.4 Å². The summed E-state index contributed by atoms with van der Waals surface area (Å²) >= 11 is 4.91. The first-order valence-electron chi connectivity index (χ1n) is 12.6. The predicted molar refractivity (Wildman–Crippen MR) is 157 cm³/mol. The molecular formula is C30H31BrN2O4S. The van der Waals surface area contributed by atoms with Crippen LogP contribution in [-0.4, -0.2) is 32.1 Å². The number of benzene rings is 3. The van der Waals surface area contributed by atoms with Gasteiger partial charge in [0.05, 0.1) is 34.8 Å². The average Bonchev–Trinajstić information content (AvgIpc) is 2.91. The molecule has 3 aromatic carbocycles. The molecule has 1 heterocycles. The summed E-state index contributed by atoms with van der Waals surface area (Å²) < 4.78 is 11.8. The van der Waals surface area contributed by atoms with Gasteiger partial charge in [0.15, 0.2) is 0 Å². The molecule has 38 heavy (non-hydrogen) atoms. The number of fused-ring (bicyclic) bond motifs is 1. The molecule has 0 fully saturated rings. The molecule has 0 bridgehead atoms. The predicted octanol–water partition coefficient (Wildman–Crippen LogP) is 6.99. The van der Waals surface area contributed by atoms with Gasteiger partial charge < -0.3 is 14.8 Å². The van der Waals surface area contributed by atoms with Crippen molar-refractivity contribution in [2.24, 2.45) is 0 Å². The maximum absolute atomic E-state index is 13.5. The first-order chi connectivity index (χ1) is 18.4. The zero-order valence-electron chi connectivity index (χ0n) is 21.7. The summed E-state index contributed by atoms with van der Waals surface area (Å²) in [6.45, 7) is 4.67. The van der Waals surface area contributed by atoms with Crippen molar-refractivity contribution in [2.45, 2.75) is 37.6 Å². The van der Waals surface area contributed by atoms with Crippen LogP contribution in [-0.2, 0) is 9.59 Å². The monoisotopic (exact) mass is 594 g/mol. The fourth-order valence-electron chi connectivity index (χ4n) is 4.04. The molecule has 0 radical (unpaired) electrons. The Kier molecular flexibility index (Phi) is 9.53. The summed E-state index contributed by atoms with van der Waals surface area (Å²) in [6.07, 6.45) is 3.94. The molecule has 8 heteroatoms. The molecule has 1 N–H and O–H groups in total. The molecule has 0 aliphatic carbocycles. The minimum Gasteiger partial charge on any atom is -0.496 e. The molecule has 198 valence electrons. The van der Waals surface area contributed by atoms with E-state index in [0.29, 0.717) is 17.3 Å². The lowest BCUT2D eigenvalue weighted by molar-refractivity contribution is -0.122. The van der Waals surface area contributed by atoms with Crippen LogP contribution in [0.15, 0.2) is 81.0 Å². The second-order valence-corrected chi connectivity index (χ2v) is 10.9. The van der Waals surface area contributed by atoms with E-state index >= 15 is 0 Å². The lowest BCUT2D eigenvalue weighted by atomic mass is 10.1. The van der Waals surface area contributed by atoms with E-state index in [4.69, 9.17) is 9.47 Å². The Bertz CT molecular complexity index is 1330. The maximum Gasteiger partial charge on any atom is 0.265 e. The summed E-state index contributed by atoms with van der Waals surface area (Å²) in [5.74, 6) is 1.09. The number of para-hydroxylation sites is 1. The number of hydrogen-bond donors (Lipinski definition) is 1. The van der Waals surface area contributed by atoms with E-state index < -0.39 is 0 Å². The summed E-state index contributed by atoms with van der Waals surface area (Å²) in [5.41, 5.74) is 2.55. The Morgan fingerprint density at radius 3 is 2.61 bits per heavy atom. The Morgan fingerprint density at radius 1 is 1.13 bits per heavy atom. The minimum absolute atomic E-state index is 0.0807. The largest absolute Gasteiger partial charge is 0.496 e. The summed E-state index contributed by atoms with van der Waals surface area (Å²) in [5, 5.41) is 3.03. The molecule has 0 unspecified atom stereocenters. The van der Waals surface area contributed by atoms with Gasteiger partial charge >= 0.3 is 0 Å². The van der Waals surface area contributed by atoms with Crippen molar-refractivity contribution < 1.29 is 19.1 Å². The number of methoxy groups -OCH3 is 1. The van der Waals surface area contributed by atoms with Crippen LogP contribution in [0.1, 0.15) is 43.9 Å². The van der Waals surface area contributed by atoms with E-state index in [1.54, 1.807) is 12.0 Å². The number of carbonyl (C=O) groups excluding carboxylic acids is 2. The van der Waals surface area contributed by atoms with Crippen molar-refractivity contribution in [1.29, 1.82) is 0 Å². The fourth-order valence-corrected chi connectivity index (χ4v) is 5.66. The third kappa shape index (κ3) is 6.79. The second-order valence-electron chi connectivity index (χ2n) is 8.92. The SMILES string of the molecule is CCCCOc1ccc([C@@H](C)NC(=O)CN2C(=O)/C(=C/c3ccc(OC)c(Br)c3)Sc3ccccc32)cc1. The van der Waals surface area contributed by atoms with Crippen molar-refractivity contribution in [3.8, 4) is 11.5 Å². The van der Waals surface area contributed by atoms with Crippen LogP contribution in [0.25, 0.3) is 6.08 Å². The molecule has 1 aliphatic rings. The lowest BCUT2D eigenvalue weighted by Gasteiger charge is -2.30. The Morgan fingerprint density at radius 2 is 1.89 bits per heavy atom. The summed E-state index contributed by atoms with van der Waals surface area (Å²) in [7, 11) is 1.61. The highest BCUT2D eigenvalue weighted by Crippen LogP contribution is 2.42. The van der Waals surface area contributed by atoms with E-state index in [0.717, 1.165) is 44.8 Å². The number of nitrogens with one attached hydrogen (secondary N) is 1. The van der Waals surface area contributed by atoms with Crippen molar-refractivity contribution in [1.82, 2.24) is 5.32 Å². The van der Waals surface area contributed by atoms with Gasteiger partial charge in [-0.2, -0.15) is 0 Å². The molecule has 2 amide bonds. The molecule has 1 atom stereocenters. The highest BCUT2D eigenvalue weighted by molar-refractivity contribution is 9.10. The van der Waals surface area contributed by atoms with Gasteiger partial charge in [0.2, 0.25) is 5.91 Å². The number of hydrogen-bond acceptors (Lipinski definition) is 5. The van der Waals surface area contributed by atoms with Crippen LogP contribution < -0.4 is 19.7 Å². The van der Waals surface area contributed by atoms with Crippen molar-refractivity contribution >= 4 is 51.3 Å². The maximum atomic E-state index is 13.5. The third-order valence-corrected chi connectivity index (χ3v) is 7.83. The van der Waals surface area contributed by atoms with Crippen LogP contribution in [0.2, 0.25) is 0 Å². The van der Waals surface area contributed by atoms with Gasteiger partial charge in [-0.05, 0) is 82.9 Å². The lowest BCUT2D eigenvalue weighted by Crippen LogP contribution is -2.43. The van der Waals surface area contributed by atoms with Gasteiger partial charge in [-0.25, -0.2) is 0 Å². The highest BCUT2D eigenvalue weighted by atomic mass is 79.9. The van der Waals surface area contributed by atoms with Gasteiger partial charge in [-0.3, -0.25) is 14.5 Å². The number of carbonyl (C=O) groups is 2. The van der Waals surface area contributed by atoms with Crippen molar-refractivity contribution in [3.63, 3.8) is 0 Å². The second kappa shape index (κ2) is 13.0. The van der Waals surface area contributed by atoms with Gasteiger partial charge in [0, 0.05) is 4.90 Å². The van der Waals surface area contributed by atoms with E-state index in [1.165, 1.54) is 11.8 Å². The highest BCUT2D eigenvalue weighted by Gasteiger charge is 2.30. The van der Waals surface area contributed by atoms with Crippen molar-refractivity contribution in [2.75, 3.05) is 25.2 Å². The molecule has 3 aromatic rings. The first kappa shape index (κ1) is 27.8. The molecule has 4 rings (SSSR count). The van der Waals surface area contributed by atoms with Gasteiger partial charge in [-0.15, -0.1) is 0 Å². The van der Waals surface area contributed by atoms with Crippen LogP contribution in [0.4, 0.5) is 5.69 Å². The van der Waals surface area contributed by atoms with Crippen LogP contribution in [0.5, 0.6) is 11.5 Å². The third-order valence-electron chi connectivity index (χ3n) is 6.13. The molecule has 0 spiro atoms. The van der Waals surface area contributed by atoms with Crippen molar-refractivity contribution in [3.05, 3.63) is 87.2 Å². The standard InChI is InChI=1S/C30H31BrN2O4S/c1-4-5-16-37-23-13-11-22(12-14-23)20(2)32-29(34)19-33-25-8-6-7-9-27(25)38-28(30(33)35)18-21-10-15-26(36-3)24(31)17-21/h6-15,17-18,20H,4-5,16,19H2,1-3H3,(H,32,34)/b28-18-/t20-/m1/s1. The molecule has 0 saturated carbocycles. The average molecular weight is 596 g/mol. The summed E-state index contributed by atoms with van der Waals surface area (Å²) in [6, 6.07) is 20.8. The number of anilines is 1. The number of amides is 2.